The van der Waals surface area contributed by atoms with E-state index in [1.165, 1.54) is 42.1 Å². The van der Waals surface area contributed by atoms with E-state index >= 15 is 0 Å². The molecule has 2 saturated carbocycles. The molecule has 1 heterocycles. The molecule has 0 unspecified atom stereocenters. The lowest BCUT2D eigenvalue weighted by molar-refractivity contribution is 0.416. The minimum atomic E-state index is 0.790. The van der Waals surface area contributed by atoms with Crippen molar-refractivity contribution in [3.8, 4) is 0 Å². The van der Waals surface area contributed by atoms with Crippen LogP contribution in [-0.4, -0.2) is 11.0 Å². The molecule has 2 aliphatic carbocycles. The summed E-state index contributed by atoms with van der Waals surface area (Å²) in [5.41, 5.74) is 2.67. The average molecular weight is 240 g/mol. The maximum absolute atomic E-state index is 3.82. The Bertz CT molecular complexity index is 537. The van der Waals surface area contributed by atoms with Crippen LogP contribution >= 0.6 is 0 Å². The van der Waals surface area contributed by atoms with Gasteiger partial charge in [0.05, 0.1) is 0 Å². The van der Waals surface area contributed by atoms with Gasteiger partial charge in [-0.3, -0.25) is 0 Å². The van der Waals surface area contributed by atoms with Crippen LogP contribution in [0.4, 0.5) is 0 Å². The Hall–Kier alpha value is -1.28. The normalized spacial score (nSPS) is 19.8. The molecule has 1 aromatic heterocycles. The fourth-order valence-corrected chi connectivity index (χ4v) is 3.13. The van der Waals surface area contributed by atoms with Crippen molar-refractivity contribution in [1.82, 2.24) is 10.3 Å². The lowest BCUT2D eigenvalue weighted by Gasteiger charge is -2.17. The van der Waals surface area contributed by atoms with Crippen molar-refractivity contribution in [1.29, 1.82) is 0 Å². The lowest BCUT2D eigenvalue weighted by Crippen LogP contribution is -2.32. The third kappa shape index (κ3) is 1.95. The zero-order valence-electron chi connectivity index (χ0n) is 10.7. The van der Waals surface area contributed by atoms with Gasteiger partial charge in [0.15, 0.2) is 0 Å². The van der Waals surface area contributed by atoms with E-state index < -0.39 is 0 Å². The third-order valence-electron chi connectivity index (χ3n) is 4.46. The highest BCUT2D eigenvalue weighted by molar-refractivity contribution is 5.82. The summed E-state index contributed by atoms with van der Waals surface area (Å²) in [6, 6.07) is 9.37. The Labute approximate surface area is 108 Å². The number of fused-ring (bicyclic) bond motifs is 1. The van der Waals surface area contributed by atoms with Gasteiger partial charge in [0, 0.05) is 29.7 Å². The van der Waals surface area contributed by atoms with E-state index in [0.29, 0.717) is 0 Å². The minimum Gasteiger partial charge on any atom is -0.361 e. The van der Waals surface area contributed by atoms with Crippen LogP contribution in [0.2, 0.25) is 0 Å². The van der Waals surface area contributed by atoms with Gasteiger partial charge in [-0.25, -0.2) is 0 Å². The van der Waals surface area contributed by atoms with Gasteiger partial charge in [0.25, 0.3) is 0 Å². The molecule has 1 aromatic carbocycles. The largest absolute Gasteiger partial charge is 0.361 e. The van der Waals surface area contributed by atoms with E-state index in [4.69, 9.17) is 0 Å². The van der Waals surface area contributed by atoms with Gasteiger partial charge in [-0.1, -0.05) is 18.2 Å². The van der Waals surface area contributed by atoms with Gasteiger partial charge >= 0.3 is 0 Å². The van der Waals surface area contributed by atoms with Crippen molar-refractivity contribution in [3.63, 3.8) is 0 Å². The third-order valence-corrected chi connectivity index (χ3v) is 4.46. The van der Waals surface area contributed by atoms with E-state index in [1.807, 2.05) is 0 Å². The second kappa shape index (κ2) is 4.13. The van der Waals surface area contributed by atoms with Gasteiger partial charge < -0.3 is 10.3 Å². The molecule has 2 fully saturated rings. The monoisotopic (exact) mass is 240 g/mol. The van der Waals surface area contributed by atoms with Crippen molar-refractivity contribution >= 4 is 10.9 Å². The zero-order valence-corrected chi connectivity index (χ0v) is 10.7. The second-order valence-corrected chi connectivity index (χ2v) is 5.94. The van der Waals surface area contributed by atoms with Crippen LogP contribution in [0.15, 0.2) is 30.5 Å². The number of hydrogen-bond donors (Lipinski definition) is 2. The highest BCUT2D eigenvalue weighted by atomic mass is 14.9. The zero-order chi connectivity index (χ0) is 11.9. The van der Waals surface area contributed by atoms with E-state index in [-0.39, 0.29) is 0 Å². The highest BCUT2D eigenvalue weighted by Crippen LogP contribution is 2.44. The molecule has 94 valence electrons. The summed E-state index contributed by atoms with van der Waals surface area (Å²) in [6.45, 7) is 1.02. The van der Waals surface area contributed by atoms with Crippen LogP contribution in [-0.2, 0) is 6.54 Å². The molecular weight excluding hydrogens is 220 g/mol. The summed E-state index contributed by atoms with van der Waals surface area (Å²) in [7, 11) is 0. The van der Waals surface area contributed by atoms with E-state index in [9.17, 15) is 0 Å². The number of H-pyrrole nitrogens is 1. The molecule has 2 nitrogen and oxygen atoms in total. The molecule has 2 aromatic rings. The molecule has 0 spiro atoms. The SMILES string of the molecule is c1ccc2c(CNC(C3CC3)C3CC3)c[nH]c2c1. The first kappa shape index (κ1) is 10.6. The molecular formula is C16H20N2. The summed E-state index contributed by atoms with van der Waals surface area (Å²) in [5, 5.41) is 5.19. The van der Waals surface area contributed by atoms with Gasteiger partial charge in [0.1, 0.15) is 0 Å². The molecule has 2 N–H and O–H groups in total. The maximum atomic E-state index is 3.82. The first-order valence-electron chi connectivity index (χ1n) is 7.20. The standard InChI is InChI=1S/C16H20N2/c1-2-4-15-14(3-1)13(9-17-15)10-18-16(11-5-6-11)12-7-8-12/h1-4,9,11-12,16-18H,5-8,10H2. The molecule has 0 bridgehead atoms. The smallest absolute Gasteiger partial charge is 0.0457 e. The quantitative estimate of drug-likeness (QED) is 0.823. The molecule has 2 heteroatoms. The van der Waals surface area contributed by atoms with Crippen LogP contribution in [0.5, 0.6) is 0 Å². The van der Waals surface area contributed by atoms with Crippen LogP contribution < -0.4 is 5.32 Å². The van der Waals surface area contributed by atoms with Crippen LogP contribution in [0.3, 0.4) is 0 Å². The minimum absolute atomic E-state index is 0.790. The van der Waals surface area contributed by atoms with Crippen LogP contribution in [0.25, 0.3) is 10.9 Å². The van der Waals surface area contributed by atoms with Crippen molar-refractivity contribution < 1.29 is 0 Å². The Morgan fingerprint density at radius 2 is 1.83 bits per heavy atom. The fraction of sp³-hybridized carbons (Fsp3) is 0.500. The number of aromatic amines is 1. The lowest BCUT2D eigenvalue weighted by atomic mass is 10.1. The van der Waals surface area contributed by atoms with Crippen LogP contribution in [0.1, 0.15) is 31.2 Å². The number of rotatable bonds is 5. The molecule has 0 radical (unpaired) electrons. The van der Waals surface area contributed by atoms with Crippen molar-refractivity contribution in [2.24, 2.45) is 11.8 Å². The summed E-state index contributed by atoms with van der Waals surface area (Å²) >= 11 is 0. The highest BCUT2D eigenvalue weighted by Gasteiger charge is 2.40. The van der Waals surface area contributed by atoms with Crippen molar-refractivity contribution in [2.75, 3.05) is 0 Å². The molecule has 2 aliphatic rings. The number of hydrogen-bond acceptors (Lipinski definition) is 1. The van der Waals surface area contributed by atoms with Gasteiger partial charge in [0.2, 0.25) is 0 Å². The summed E-state index contributed by atoms with van der Waals surface area (Å²) in [5.74, 6) is 1.95. The number of benzene rings is 1. The predicted molar refractivity (Wildman–Crippen MR) is 74.4 cm³/mol. The van der Waals surface area contributed by atoms with Crippen molar-refractivity contribution in [3.05, 3.63) is 36.0 Å². The molecule has 0 aliphatic heterocycles. The number of nitrogens with one attached hydrogen (secondary N) is 2. The van der Waals surface area contributed by atoms with Crippen molar-refractivity contribution in [2.45, 2.75) is 38.3 Å². The molecule has 4 rings (SSSR count). The first-order valence-corrected chi connectivity index (χ1v) is 7.20. The van der Waals surface area contributed by atoms with Gasteiger partial charge in [-0.15, -0.1) is 0 Å². The van der Waals surface area contributed by atoms with Gasteiger partial charge in [-0.05, 0) is 49.1 Å². The maximum Gasteiger partial charge on any atom is 0.0457 e. The Balaban J connectivity index is 1.50. The first-order chi connectivity index (χ1) is 8.92. The Morgan fingerprint density at radius 1 is 1.11 bits per heavy atom. The second-order valence-electron chi connectivity index (χ2n) is 5.94. The fourth-order valence-electron chi connectivity index (χ4n) is 3.13. The average Bonchev–Trinajstić information content (AvgIpc) is 3.29. The summed E-state index contributed by atoms with van der Waals surface area (Å²) < 4.78 is 0. The van der Waals surface area contributed by atoms with E-state index in [0.717, 1.165) is 24.4 Å². The van der Waals surface area contributed by atoms with E-state index in [1.54, 1.807) is 0 Å². The van der Waals surface area contributed by atoms with Crippen LogP contribution in [0, 0.1) is 11.8 Å². The Kier molecular flexibility index (Phi) is 2.44. The summed E-state index contributed by atoms with van der Waals surface area (Å²) in [6.07, 6.45) is 7.95. The molecule has 0 amide bonds. The molecule has 0 atom stereocenters. The van der Waals surface area contributed by atoms with Gasteiger partial charge in [-0.2, -0.15) is 0 Å². The Morgan fingerprint density at radius 3 is 2.56 bits per heavy atom. The topological polar surface area (TPSA) is 27.8 Å². The summed E-state index contributed by atoms with van der Waals surface area (Å²) in [4.78, 5) is 3.36. The number of para-hydroxylation sites is 1. The predicted octanol–water partition coefficient (Wildman–Crippen LogP) is 3.45. The number of aromatic nitrogens is 1. The van der Waals surface area contributed by atoms with E-state index in [2.05, 4.69) is 40.8 Å². The molecule has 0 saturated heterocycles. The molecule has 18 heavy (non-hydrogen) atoms.